The van der Waals surface area contributed by atoms with E-state index < -0.39 is 6.43 Å². The van der Waals surface area contributed by atoms with Gasteiger partial charge >= 0.3 is 0 Å². The van der Waals surface area contributed by atoms with Gasteiger partial charge < -0.3 is 5.73 Å². The van der Waals surface area contributed by atoms with Crippen molar-refractivity contribution in [2.45, 2.75) is 19.9 Å². The molecule has 0 aliphatic rings. The summed E-state index contributed by atoms with van der Waals surface area (Å²) in [4.78, 5) is 4.23. The Morgan fingerprint density at radius 3 is 2.42 bits per heavy atom. The fraction of sp³-hybridized carbons (Fsp3) is 0.500. The third-order valence-electron chi connectivity index (χ3n) is 1.26. The molecule has 0 bridgehead atoms. The lowest BCUT2D eigenvalue weighted by molar-refractivity contribution is 0.146. The molecule has 0 radical (unpaired) electrons. The Bertz CT molecular complexity index is 252. The van der Waals surface area contributed by atoms with Crippen LogP contribution in [0.25, 0.3) is 0 Å². The number of rotatable bonds is 2. The Balaban J connectivity index is 0.00000121. The lowest BCUT2D eigenvalue weighted by atomic mass is 10.4. The minimum atomic E-state index is -2.48. The predicted octanol–water partition coefficient (Wildman–Crippen LogP) is 2.27. The van der Waals surface area contributed by atoms with Gasteiger partial charge in [-0.2, -0.15) is 0 Å². The van der Waals surface area contributed by atoms with E-state index in [2.05, 4.69) is 4.98 Å². The molecule has 0 saturated carbocycles. The van der Waals surface area contributed by atoms with E-state index in [1.165, 1.54) is 11.3 Å². The first kappa shape index (κ1) is 11.7. The van der Waals surface area contributed by atoms with Crippen LogP contribution in [-0.2, 0) is 6.54 Å². The molecule has 1 heterocycles. The molecule has 1 rings (SSSR count). The Hall–Kier alpha value is -0.260. The van der Waals surface area contributed by atoms with Gasteiger partial charge in [-0.05, 0) is 6.92 Å². The highest BCUT2D eigenvalue weighted by molar-refractivity contribution is 7.11. The van der Waals surface area contributed by atoms with E-state index in [0.717, 1.165) is 0 Å². The molecule has 0 fully saturated rings. The van der Waals surface area contributed by atoms with Gasteiger partial charge in [-0.25, -0.2) is 13.8 Å². The van der Waals surface area contributed by atoms with Gasteiger partial charge in [0.25, 0.3) is 6.43 Å². The fourth-order valence-electron chi connectivity index (χ4n) is 0.755. The van der Waals surface area contributed by atoms with Crippen molar-refractivity contribution in [3.8, 4) is 0 Å². The first-order valence-electron chi connectivity index (χ1n) is 3.09. The number of nitrogens with two attached hydrogens (primary N) is 1. The summed E-state index contributed by atoms with van der Waals surface area (Å²) >= 11 is 1.23. The number of hydrogen-bond acceptors (Lipinski definition) is 3. The van der Waals surface area contributed by atoms with Crippen LogP contribution >= 0.6 is 23.7 Å². The van der Waals surface area contributed by atoms with Crippen LogP contribution in [-0.4, -0.2) is 4.98 Å². The first-order chi connectivity index (χ1) is 5.15. The van der Waals surface area contributed by atoms with E-state index in [9.17, 15) is 8.78 Å². The van der Waals surface area contributed by atoms with Crippen molar-refractivity contribution in [3.63, 3.8) is 0 Å². The van der Waals surface area contributed by atoms with E-state index in [0.29, 0.717) is 9.88 Å². The molecule has 0 atom stereocenters. The van der Waals surface area contributed by atoms with E-state index in [-0.39, 0.29) is 24.6 Å². The standard InChI is InChI=1S/C6H8F2N2S.ClH/c1-3-5(6(7)8)10-4(2-9)11-3;/h6H,2,9H2,1H3;1H. The molecular formula is C6H9ClF2N2S. The largest absolute Gasteiger partial charge is 0.325 e. The quantitative estimate of drug-likeness (QED) is 0.820. The van der Waals surface area contributed by atoms with Crippen LogP contribution in [0.4, 0.5) is 8.78 Å². The molecule has 70 valence electrons. The van der Waals surface area contributed by atoms with Crippen molar-refractivity contribution in [3.05, 3.63) is 15.6 Å². The third-order valence-corrected chi connectivity index (χ3v) is 2.27. The molecule has 12 heavy (non-hydrogen) atoms. The maximum Gasteiger partial charge on any atom is 0.281 e. The van der Waals surface area contributed by atoms with E-state index in [1.807, 2.05) is 0 Å². The number of thiazole rings is 1. The minimum Gasteiger partial charge on any atom is -0.325 e. The molecule has 0 aliphatic carbocycles. The molecule has 1 aromatic rings. The Labute approximate surface area is 79.2 Å². The lowest BCUT2D eigenvalue weighted by Crippen LogP contribution is -1.95. The molecule has 6 heteroatoms. The number of halogens is 3. The summed E-state index contributed by atoms with van der Waals surface area (Å²) in [6.45, 7) is 1.86. The van der Waals surface area contributed by atoms with Crippen molar-refractivity contribution in [2.75, 3.05) is 0 Å². The zero-order valence-corrected chi connectivity index (χ0v) is 8.01. The summed E-state index contributed by atoms with van der Waals surface area (Å²) in [7, 11) is 0. The zero-order valence-electron chi connectivity index (χ0n) is 6.38. The molecule has 0 aliphatic heterocycles. The van der Waals surface area contributed by atoms with Crippen molar-refractivity contribution in [1.82, 2.24) is 4.98 Å². The van der Waals surface area contributed by atoms with Gasteiger partial charge in [-0.1, -0.05) is 0 Å². The van der Waals surface area contributed by atoms with Gasteiger partial charge in [0.2, 0.25) is 0 Å². The van der Waals surface area contributed by atoms with Gasteiger partial charge in [0.1, 0.15) is 10.7 Å². The SMILES string of the molecule is Cc1sc(CN)nc1C(F)F.Cl. The summed E-state index contributed by atoms with van der Waals surface area (Å²) in [6.07, 6.45) is -2.48. The summed E-state index contributed by atoms with van der Waals surface area (Å²) < 4.78 is 24.2. The predicted molar refractivity (Wildman–Crippen MR) is 46.9 cm³/mol. The molecule has 0 aromatic carbocycles. The molecule has 2 nitrogen and oxygen atoms in total. The number of aromatic nitrogens is 1. The number of nitrogens with zero attached hydrogens (tertiary/aromatic N) is 1. The Morgan fingerprint density at radius 2 is 2.17 bits per heavy atom. The molecule has 0 spiro atoms. The van der Waals surface area contributed by atoms with Gasteiger partial charge in [-0.15, -0.1) is 23.7 Å². The third kappa shape index (κ3) is 2.36. The van der Waals surface area contributed by atoms with Crippen LogP contribution in [0.2, 0.25) is 0 Å². The molecule has 0 saturated heterocycles. The molecule has 0 unspecified atom stereocenters. The minimum absolute atomic E-state index is 0. The molecule has 0 amide bonds. The summed E-state index contributed by atoms with van der Waals surface area (Å²) in [6, 6.07) is 0. The van der Waals surface area contributed by atoms with Gasteiger partial charge in [0, 0.05) is 11.4 Å². The highest BCUT2D eigenvalue weighted by Crippen LogP contribution is 2.25. The number of alkyl halides is 2. The van der Waals surface area contributed by atoms with Crippen LogP contribution in [0.15, 0.2) is 0 Å². The maximum absolute atomic E-state index is 12.1. The highest BCUT2D eigenvalue weighted by Gasteiger charge is 2.15. The van der Waals surface area contributed by atoms with Crippen molar-refractivity contribution in [1.29, 1.82) is 0 Å². The second-order valence-electron chi connectivity index (χ2n) is 2.05. The average Bonchev–Trinajstić information content (AvgIpc) is 2.30. The monoisotopic (exact) mass is 214 g/mol. The van der Waals surface area contributed by atoms with Crippen molar-refractivity contribution >= 4 is 23.7 Å². The van der Waals surface area contributed by atoms with Crippen LogP contribution < -0.4 is 5.73 Å². The number of hydrogen-bond donors (Lipinski definition) is 1. The Morgan fingerprint density at radius 1 is 1.58 bits per heavy atom. The second kappa shape index (κ2) is 4.69. The topological polar surface area (TPSA) is 38.9 Å². The van der Waals surface area contributed by atoms with Crippen LogP contribution in [0.5, 0.6) is 0 Å². The second-order valence-corrected chi connectivity index (χ2v) is 3.34. The Kier molecular flexibility index (Phi) is 4.59. The normalized spacial score (nSPS) is 10.1. The maximum atomic E-state index is 12.1. The number of aryl methyl sites for hydroxylation is 1. The highest BCUT2D eigenvalue weighted by atomic mass is 35.5. The fourth-order valence-corrected chi connectivity index (χ4v) is 1.57. The summed E-state index contributed by atoms with van der Waals surface area (Å²) in [5, 5.41) is 0.567. The van der Waals surface area contributed by atoms with Gasteiger partial charge in [0.05, 0.1) is 0 Å². The molecule has 1 aromatic heterocycles. The average molecular weight is 215 g/mol. The van der Waals surface area contributed by atoms with Crippen molar-refractivity contribution in [2.24, 2.45) is 5.73 Å². The molecule has 2 N–H and O–H groups in total. The first-order valence-corrected chi connectivity index (χ1v) is 3.91. The molecular weight excluding hydrogens is 206 g/mol. The van der Waals surface area contributed by atoms with Gasteiger partial charge in [0.15, 0.2) is 0 Å². The van der Waals surface area contributed by atoms with E-state index >= 15 is 0 Å². The lowest BCUT2D eigenvalue weighted by Gasteiger charge is -1.92. The van der Waals surface area contributed by atoms with Gasteiger partial charge in [-0.3, -0.25) is 0 Å². The van der Waals surface area contributed by atoms with Crippen molar-refractivity contribution < 1.29 is 8.78 Å². The van der Waals surface area contributed by atoms with E-state index in [4.69, 9.17) is 5.73 Å². The summed E-state index contributed by atoms with van der Waals surface area (Å²) in [5.41, 5.74) is 5.11. The van der Waals surface area contributed by atoms with Crippen LogP contribution in [0, 0.1) is 6.92 Å². The van der Waals surface area contributed by atoms with E-state index in [1.54, 1.807) is 6.92 Å². The van der Waals surface area contributed by atoms with Crippen LogP contribution in [0.3, 0.4) is 0 Å². The zero-order chi connectivity index (χ0) is 8.43. The smallest absolute Gasteiger partial charge is 0.281 e. The van der Waals surface area contributed by atoms with Crippen LogP contribution in [0.1, 0.15) is 22.0 Å². The summed E-state index contributed by atoms with van der Waals surface area (Å²) in [5.74, 6) is 0.